The third-order valence-electron chi connectivity index (χ3n) is 3.83. The SMILES string of the molecule is Cc1ccc(Nc2cncc(C(=O)NCc3ccc(Cl)cc3)c2)cc1Cl. The molecule has 26 heavy (non-hydrogen) atoms. The molecule has 2 N–H and O–H groups in total. The summed E-state index contributed by atoms with van der Waals surface area (Å²) in [7, 11) is 0. The van der Waals surface area contributed by atoms with E-state index in [-0.39, 0.29) is 5.91 Å². The predicted octanol–water partition coefficient (Wildman–Crippen LogP) is 5.37. The zero-order chi connectivity index (χ0) is 18.5. The van der Waals surface area contributed by atoms with Crippen LogP contribution >= 0.6 is 23.2 Å². The number of halogens is 2. The number of aromatic nitrogens is 1. The van der Waals surface area contributed by atoms with Gasteiger partial charge in [0.1, 0.15) is 0 Å². The number of rotatable bonds is 5. The van der Waals surface area contributed by atoms with E-state index in [0.29, 0.717) is 27.8 Å². The fourth-order valence-electron chi connectivity index (χ4n) is 2.36. The van der Waals surface area contributed by atoms with Crippen LogP contribution in [0.2, 0.25) is 10.0 Å². The van der Waals surface area contributed by atoms with Crippen molar-refractivity contribution in [1.82, 2.24) is 10.3 Å². The van der Waals surface area contributed by atoms with Gasteiger partial charge < -0.3 is 10.6 Å². The first kappa shape index (κ1) is 18.2. The molecule has 0 aliphatic rings. The van der Waals surface area contributed by atoms with Crippen LogP contribution in [0.15, 0.2) is 60.9 Å². The second-order valence-electron chi connectivity index (χ2n) is 5.86. The number of pyridine rings is 1. The second-order valence-corrected chi connectivity index (χ2v) is 6.70. The van der Waals surface area contributed by atoms with E-state index in [9.17, 15) is 4.79 Å². The first-order valence-corrected chi connectivity index (χ1v) is 8.78. The summed E-state index contributed by atoms with van der Waals surface area (Å²) in [6, 6.07) is 14.8. The summed E-state index contributed by atoms with van der Waals surface area (Å²) < 4.78 is 0. The molecule has 2 aromatic carbocycles. The molecule has 0 aliphatic heterocycles. The maximum atomic E-state index is 12.4. The molecule has 0 saturated heterocycles. The summed E-state index contributed by atoms with van der Waals surface area (Å²) >= 11 is 12.0. The first-order valence-electron chi connectivity index (χ1n) is 8.02. The average Bonchev–Trinajstić information content (AvgIpc) is 2.64. The van der Waals surface area contributed by atoms with Gasteiger partial charge in [0.05, 0.1) is 17.4 Å². The van der Waals surface area contributed by atoms with Crippen LogP contribution < -0.4 is 10.6 Å². The number of hydrogen-bond donors (Lipinski definition) is 2. The van der Waals surface area contributed by atoms with Crippen molar-refractivity contribution in [1.29, 1.82) is 0 Å². The van der Waals surface area contributed by atoms with E-state index in [1.165, 1.54) is 6.20 Å². The Kier molecular flexibility index (Phi) is 5.76. The highest BCUT2D eigenvalue weighted by Crippen LogP contribution is 2.23. The van der Waals surface area contributed by atoms with Gasteiger partial charge in [-0.05, 0) is 48.4 Å². The van der Waals surface area contributed by atoms with Gasteiger partial charge in [-0.25, -0.2) is 0 Å². The number of benzene rings is 2. The number of aryl methyl sites for hydroxylation is 1. The van der Waals surface area contributed by atoms with Crippen LogP contribution in [0, 0.1) is 6.92 Å². The Morgan fingerprint density at radius 3 is 2.50 bits per heavy atom. The van der Waals surface area contributed by atoms with Crippen molar-refractivity contribution >= 4 is 40.5 Å². The van der Waals surface area contributed by atoms with Crippen molar-refractivity contribution in [3.63, 3.8) is 0 Å². The molecular weight excluding hydrogens is 369 g/mol. The third kappa shape index (κ3) is 4.75. The highest BCUT2D eigenvalue weighted by atomic mass is 35.5. The Bertz CT molecular complexity index is 927. The van der Waals surface area contributed by atoms with Gasteiger partial charge >= 0.3 is 0 Å². The molecule has 0 atom stereocenters. The molecular formula is C20H17Cl2N3O. The summed E-state index contributed by atoms with van der Waals surface area (Å²) in [5.74, 6) is -0.196. The van der Waals surface area contributed by atoms with Crippen molar-refractivity contribution < 1.29 is 4.79 Å². The van der Waals surface area contributed by atoms with Gasteiger partial charge in [0.2, 0.25) is 0 Å². The van der Waals surface area contributed by atoms with Crippen LogP contribution in [0.4, 0.5) is 11.4 Å². The van der Waals surface area contributed by atoms with E-state index in [0.717, 1.165) is 16.8 Å². The lowest BCUT2D eigenvalue weighted by Gasteiger charge is -2.10. The van der Waals surface area contributed by atoms with Crippen LogP contribution in [0.1, 0.15) is 21.5 Å². The van der Waals surface area contributed by atoms with Crippen molar-refractivity contribution in [2.75, 3.05) is 5.32 Å². The summed E-state index contributed by atoms with van der Waals surface area (Å²) in [4.78, 5) is 16.5. The van der Waals surface area contributed by atoms with E-state index < -0.39 is 0 Å². The molecule has 4 nitrogen and oxygen atoms in total. The first-order chi connectivity index (χ1) is 12.5. The van der Waals surface area contributed by atoms with E-state index in [2.05, 4.69) is 15.6 Å². The van der Waals surface area contributed by atoms with Crippen LogP contribution in [-0.2, 0) is 6.54 Å². The molecule has 1 amide bonds. The zero-order valence-electron chi connectivity index (χ0n) is 14.1. The molecule has 0 fully saturated rings. The van der Waals surface area contributed by atoms with Crippen molar-refractivity contribution in [3.05, 3.63) is 87.7 Å². The quantitative estimate of drug-likeness (QED) is 0.620. The second kappa shape index (κ2) is 8.21. The van der Waals surface area contributed by atoms with E-state index >= 15 is 0 Å². The van der Waals surface area contributed by atoms with Crippen molar-refractivity contribution in [2.24, 2.45) is 0 Å². The average molecular weight is 386 g/mol. The number of carbonyl (C=O) groups excluding carboxylic acids is 1. The zero-order valence-corrected chi connectivity index (χ0v) is 15.6. The molecule has 0 bridgehead atoms. The summed E-state index contributed by atoms with van der Waals surface area (Å²) in [5.41, 5.74) is 4.00. The van der Waals surface area contributed by atoms with Crippen LogP contribution in [0.3, 0.4) is 0 Å². The summed E-state index contributed by atoms with van der Waals surface area (Å²) in [6.07, 6.45) is 3.19. The number of anilines is 2. The molecule has 1 heterocycles. The minimum Gasteiger partial charge on any atom is -0.354 e. The Hall–Kier alpha value is -2.56. The van der Waals surface area contributed by atoms with Crippen LogP contribution in [0.5, 0.6) is 0 Å². The van der Waals surface area contributed by atoms with Crippen molar-refractivity contribution in [3.8, 4) is 0 Å². The van der Waals surface area contributed by atoms with E-state index in [1.807, 2.05) is 37.3 Å². The predicted molar refractivity (Wildman–Crippen MR) is 106 cm³/mol. The minimum absolute atomic E-state index is 0.196. The molecule has 6 heteroatoms. The molecule has 3 rings (SSSR count). The lowest BCUT2D eigenvalue weighted by molar-refractivity contribution is 0.0950. The monoisotopic (exact) mass is 385 g/mol. The summed E-state index contributed by atoms with van der Waals surface area (Å²) in [6.45, 7) is 2.36. The smallest absolute Gasteiger partial charge is 0.253 e. The highest BCUT2D eigenvalue weighted by molar-refractivity contribution is 6.31. The molecule has 0 unspecified atom stereocenters. The topological polar surface area (TPSA) is 54.0 Å². The molecule has 0 radical (unpaired) electrons. The number of carbonyl (C=O) groups is 1. The summed E-state index contributed by atoms with van der Waals surface area (Å²) in [5, 5.41) is 7.42. The van der Waals surface area contributed by atoms with Gasteiger partial charge in [-0.15, -0.1) is 0 Å². The van der Waals surface area contributed by atoms with Gasteiger partial charge in [0, 0.05) is 28.5 Å². The standard InChI is InChI=1S/C20H17Cl2N3O/c1-13-2-7-17(9-19(13)22)25-18-8-15(11-23-12-18)20(26)24-10-14-3-5-16(21)6-4-14/h2-9,11-12,25H,10H2,1H3,(H,24,26). The fourth-order valence-corrected chi connectivity index (χ4v) is 2.66. The lowest BCUT2D eigenvalue weighted by Crippen LogP contribution is -2.23. The third-order valence-corrected chi connectivity index (χ3v) is 4.49. The van der Waals surface area contributed by atoms with Gasteiger partial charge in [0.25, 0.3) is 5.91 Å². The number of nitrogens with zero attached hydrogens (tertiary/aromatic N) is 1. The Labute approximate surface area is 162 Å². The van der Waals surface area contributed by atoms with Crippen LogP contribution in [-0.4, -0.2) is 10.9 Å². The fraction of sp³-hybridized carbons (Fsp3) is 0.100. The Balaban J connectivity index is 1.66. The van der Waals surface area contributed by atoms with Gasteiger partial charge in [-0.1, -0.05) is 41.4 Å². The van der Waals surface area contributed by atoms with Gasteiger partial charge in [0.15, 0.2) is 0 Å². The van der Waals surface area contributed by atoms with Gasteiger partial charge in [-0.3, -0.25) is 9.78 Å². The maximum absolute atomic E-state index is 12.4. The molecule has 0 spiro atoms. The number of amides is 1. The molecule has 3 aromatic rings. The normalized spacial score (nSPS) is 10.4. The number of nitrogens with one attached hydrogen (secondary N) is 2. The maximum Gasteiger partial charge on any atom is 0.253 e. The largest absolute Gasteiger partial charge is 0.354 e. The number of hydrogen-bond acceptors (Lipinski definition) is 3. The Morgan fingerprint density at radius 2 is 1.77 bits per heavy atom. The van der Waals surface area contributed by atoms with Crippen LogP contribution in [0.25, 0.3) is 0 Å². The highest BCUT2D eigenvalue weighted by Gasteiger charge is 2.08. The minimum atomic E-state index is -0.196. The molecule has 132 valence electrons. The Morgan fingerprint density at radius 1 is 1.00 bits per heavy atom. The van der Waals surface area contributed by atoms with Crippen molar-refractivity contribution in [2.45, 2.75) is 13.5 Å². The lowest BCUT2D eigenvalue weighted by atomic mass is 10.2. The van der Waals surface area contributed by atoms with E-state index in [1.54, 1.807) is 24.4 Å². The molecule has 0 aliphatic carbocycles. The van der Waals surface area contributed by atoms with Gasteiger partial charge in [-0.2, -0.15) is 0 Å². The molecule has 0 saturated carbocycles. The van der Waals surface area contributed by atoms with E-state index in [4.69, 9.17) is 23.2 Å². The molecule has 1 aromatic heterocycles.